The summed E-state index contributed by atoms with van der Waals surface area (Å²) in [5.41, 5.74) is 0.658. The molecule has 1 unspecified atom stereocenters. The lowest BCUT2D eigenvalue weighted by molar-refractivity contribution is -0.118. The van der Waals surface area contributed by atoms with E-state index in [0.29, 0.717) is 28.8 Å². The van der Waals surface area contributed by atoms with Crippen molar-refractivity contribution in [2.75, 3.05) is 14.2 Å². The van der Waals surface area contributed by atoms with Gasteiger partial charge in [-0.05, 0) is 29.5 Å². The van der Waals surface area contributed by atoms with Crippen LogP contribution in [0.3, 0.4) is 0 Å². The number of hydrogen-bond acceptors (Lipinski definition) is 7. The van der Waals surface area contributed by atoms with Crippen LogP contribution in [0, 0.1) is 0 Å². The molecule has 2 aromatic rings. The number of hydrogen-bond donors (Lipinski definition) is 0. The molecule has 0 aliphatic heterocycles. The maximum absolute atomic E-state index is 11.8. The number of aromatic nitrogens is 4. The van der Waals surface area contributed by atoms with E-state index in [4.69, 9.17) is 9.47 Å². The average Bonchev–Trinajstić information content (AvgIpc) is 3.01. The largest absolute Gasteiger partial charge is 0.497 e. The summed E-state index contributed by atoms with van der Waals surface area (Å²) in [6.45, 7) is 3.69. The normalized spacial score (nSPS) is 12.0. The van der Waals surface area contributed by atoms with Gasteiger partial charge in [0.2, 0.25) is 5.16 Å². The van der Waals surface area contributed by atoms with Crippen molar-refractivity contribution in [2.45, 2.75) is 30.7 Å². The van der Waals surface area contributed by atoms with Crippen LogP contribution in [-0.4, -0.2) is 45.5 Å². The zero-order chi connectivity index (χ0) is 16.1. The lowest BCUT2D eigenvalue weighted by Gasteiger charge is -2.12. The summed E-state index contributed by atoms with van der Waals surface area (Å²) < 4.78 is 12.1. The number of benzene rings is 1. The van der Waals surface area contributed by atoms with Gasteiger partial charge in [-0.3, -0.25) is 4.79 Å². The van der Waals surface area contributed by atoms with Crippen molar-refractivity contribution < 1.29 is 14.3 Å². The van der Waals surface area contributed by atoms with Gasteiger partial charge in [-0.15, -0.1) is 5.10 Å². The molecule has 0 amide bonds. The number of carbonyl (C=O) groups is 1. The summed E-state index contributed by atoms with van der Waals surface area (Å²) in [4.78, 5) is 11.8. The smallest absolute Gasteiger partial charge is 0.214 e. The molecule has 1 heterocycles. The predicted octanol–water partition coefficient (Wildman–Crippen LogP) is 2.14. The van der Waals surface area contributed by atoms with Crippen molar-refractivity contribution in [3.8, 4) is 17.2 Å². The van der Waals surface area contributed by atoms with E-state index < -0.39 is 0 Å². The molecule has 0 spiro atoms. The Morgan fingerprint density at radius 3 is 2.77 bits per heavy atom. The van der Waals surface area contributed by atoms with E-state index in [-0.39, 0.29) is 11.0 Å². The first kappa shape index (κ1) is 16.3. The van der Waals surface area contributed by atoms with Crippen LogP contribution in [-0.2, 0) is 4.79 Å². The van der Waals surface area contributed by atoms with Crippen LogP contribution in [0.2, 0.25) is 0 Å². The molecule has 1 aromatic carbocycles. The van der Waals surface area contributed by atoms with Crippen molar-refractivity contribution in [1.82, 2.24) is 20.2 Å². The number of Topliss-reactive ketones (excluding diaryl/α,β-unsaturated/α-hetero) is 1. The van der Waals surface area contributed by atoms with Gasteiger partial charge in [-0.2, -0.15) is 4.68 Å². The molecule has 2 rings (SSSR count). The average molecular weight is 322 g/mol. The SMILES string of the molecule is CCC(=O)C(C)Sc1nnnn1-c1cc(OC)ccc1OC. The number of methoxy groups -OCH3 is 2. The summed E-state index contributed by atoms with van der Waals surface area (Å²) in [5.74, 6) is 1.43. The first-order chi connectivity index (χ1) is 10.6. The van der Waals surface area contributed by atoms with Crippen LogP contribution >= 0.6 is 11.8 Å². The molecular formula is C14H18N4O3S. The van der Waals surface area contributed by atoms with Crippen molar-refractivity contribution in [3.63, 3.8) is 0 Å². The molecule has 7 nitrogen and oxygen atoms in total. The van der Waals surface area contributed by atoms with Crippen LogP contribution in [0.5, 0.6) is 11.5 Å². The third-order valence-corrected chi connectivity index (χ3v) is 4.22. The van der Waals surface area contributed by atoms with E-state index in [9.17, 15) is 4.79 Å². The van der Waals surface area contributed by atoms with Gasteiger partial charge in [-0.25, -0.2) is 0 Å². The van der Waals surface area contributed by atoms with E-state index in [0.717, 1.165) is 0 Å². The molecule has 0 bridgehead atoms. The fourth-order valence-corrected chi connectivity index (χ4v) is 2.81. The van der Waals surface area contributed by atoms with Gasteiger partial charge in [0.25, 0.3) is 0 Å². The Morgan fingerprint density at radius 1 is 1.36 bits per heavy atom. The summed E-state index contributed by atoms with van der Waals surface area (Å²) in [6, 6.07) is 5.36. The highest BCUT2D eigenvalue weighted by Gasteiger charge is 2.19. The number of thioether (sulfide) groups is 1. The molecule has 0 N–H and O–H groups in total. The Bertz CT molecular complexity index is 659. The van der Waals surface area contributed by atoms with Crippen LogP contribution < -0.4 is 9.47 Å². The van der Waals surface area contributed by atoms with E-state index in [1.54, 1.807) is 37.1 Å². The zero-order valence-electron chi connectivity index (χ0n) is 12.9. The molecular weight excluding hydrogens is 304 g/mol. The maximum Gasteiger partial charge on any atom is 0.214 e. The lowest BCUT2D eigenvalue weighted by Crippen LogP contribution is -2.13. The molecule has 118 valence electrons. The monoisotopic (exact) mass is 322 g/mol. The van der Waals surface area contributed by atoms with Crippen molar-refractivity contribution in [3.05, 3.63) is 18.2 Å². The summed E-state index contributed by atoms with van der Waals surface area (Å²) in [7, 11) is 3.16. The molecule has 0 aliphatic rings. The standard InChI is InChI=1S/C14H18N4O3S/c1-5-12(19)9(2)22-14-15-16-17-18(14)11-8-10(20-3)6-7-13(11)21-4/h6-9H,5H2,1-4H3. The van der Waals surface area contributed by atoms with E-state index in [2.05, 4.69) is 15.5 Å². The minimum absolute atomic E-state index is 0.150. The minimum atomic E-state index is -0.216. The molecule has 22 heavy (non-hydrogen) atoms. The highest BCUT2D eigenvalue weighted by atomic mass is 32.2. The van der Waals surface area contributed by atoms with Crippen LogP contribution in [0.25, 0.3) is 5.69 Å². The number of ketones is 1. The quantitative estimate of drug-likeness (QED) is 0.722. The van der Waals surface area contributed by atoms with E-state index >= 15 is 0 Å². The summed E-state index contributed by atoms with van der Waals surface area (Å²) >= 11 is 1.32. The summed E-state index contributed by atoms with van der Waals surface area (Å²) in [6.07, 6.45) is 0.484. The second-order valence-corrected chi connectivity index (χ2v) is 5.80. The van der Waals surface area contributed by atoms with Gasteiger partial charge >= 0.3 is 0 Å². The van der Waals surface area contributed by atoms with Crippen LogP contribution in [0.15, 0.2) is 23.4 Å². The highest BCUT2D eigenvalue weighted by Crippen LogP contribution is 2.31. The van der Waals surface area contributed by atoms with Crippen molar-refractivity contribution in [2.24, 2.45) is 0 Å². The second-order valence-electron chi connectivity index (χ2n) is 4.49. The molecule has 0 fully saturated rings. The summed E-state index contributed by atoms with van der Waals surface area (Å²) in [5, 5.41) is 12.0. The van der Waals surface area contributed by atoms with Gasteiger partial charge in [0.05, 0.1) is 19.5 Å². The molecule has 1 atom stereocenters. The maximum atomic E-state index is 11.8. The third-order valence-electron chi connectivity index (χ3n) is 3.14. The molecule has 0 saturated heterocycles. The van der Waals surface area contributed by atoms with Gasteiger partial charge in [0, 0.05) is 12.5 Å². The van der Waals surface area contributed by atoms with Gasteiger partial charge in [0.15, 0.2) is 0 Å². The molecule has 8 heteroatoms. The fourth-order valence-electron chi connectivity index (χ4n) is 1.88. The lowest BCUT2D eigenvalue weighted by atomic mass is 10.2. The zero-order valence-corrected chi connectivity index (χ0v) is 13.8. The Kier molecular flexibility index (Phi) is 5.37. The first-order valence-electron chi connectivity index (χ1n) is 6.80. The Balaban J connectivity index is 2.38. The minimum Gasteiger partial charge on any atom is -0.497 e. The van der Waals surface area contributed by atoms with Crippen molar-refractivity contribution in [1.29, 1.82) is 0 Å². The molecule has 0 saturated carbocycles. The van der Waals surface area contributed by atoms with E-state index in [1.165, 1.54) is 11.8 Å². The van der Waals surface area contributed by atoms with E-state index in [1.807, 2.05) is 13.8 Å². The van der Waals surface area contributed by atoms with Crippen LogP contribution in [0.1, 0.15) is 20.3 Å². The Morgan fingerprint density at radius 2 is 2.14 bits per heavy atom. The highest BCUT2D eigenvalue weighted by molar-refractivity contribution is 8.00. The Labute approximate surface area is 133 Å². The third kappa shape index (κ3) is 3.38. The van der Waals surface area contributed by atoms with Gasteiger partial charge in [0.1, 0.15) is 23.0 Å². The van der Waals surface area contributed by atoms with Gasteiger partial charge in [-0.1, -0.05) is 18.7 Å². The number of tetrazole rings is 1. The number of rotatable bonds is 7. The van der Waals surface area contributed by atoms with Crippen molar-refractivity contribution >= 4 is 17.5 Å². The molecule has 0 aliphatic carbocycles. The topological polar surface area (TPSA) is 79.1 Å². The predicted molar refractivity (Wildman–Crippen MR) is 82.9 cm³/mol. The first-order valence-corrected chi connectivity index (χ1v) is 7.68. The number of ether oxygens (including phenoxy) is 2. The van der Waals surface area contributed by atoms with Crippen LogP contribution in [0.4, 0.5) is 0 Å². The molecule has 0 radical (unpaired) electrons. The Hall–Kier alpha value is -2.09. The fraction of sp³-hybridized carbons (Fsp3) is 0.429. The van der Waals surface area contributed by atoms with Gasteiger partial charge < -0.3 is 9.47 Å². The molecule has 1 aromatic heterocycles. The number of carbonyl (C=O) groups excluding carboxylic acids is 1. The second kappa shape index (κ2) is 7.26. The number of nitrogens with zero attached hydrogens (tertiary/aromatic N) is 4.